The molecule has 1 amide bonds. The van der Waals surface area contributed by atoms with Gasteiger partial charge in [0.15, 0.2) is 11.2 Å². The predicted molar refractivity (Wildman–Crippen MR) is 74.8 cm³/mol. The highest BCUT2D eigenvalue weighted by molar-refractivity contribution is 5.92. The van der Waals surface area contributed by atoms with Crippen LogP contribution in [-0.2, 0) is 6.54 Å². The number of carbonyl (C=O) groups excluding carboxylic acids is 1. The van der Waals surface area contributed by atoms with E-state index in [4.69, 9.17) is 8.94 Å². The molecule has 0 aliphatic rings. The normalized spacial score (nSPS) is 10.7. The summed E-state index contributed by atoms with van der Waals surface area (Å²) in [5.74, 6) is -0.384. The predicted octanol–water partition coefficient (Wildman–Crippen LogP) is 2.05. The van der Waals surface area contributed by atoms with Crippen LogP contribution in [0.15, 0.2) is 56.4 Å². The van der Waals surface area contributed by atoms with Gasteiger partial charge >= 0.3 is 0 Å². The molecule has 0 atom stereocenters. The highest BCUT2D eigenvalue weighted by atomic mass is 16.5. The average molecular weight is 284 g/mol. The second-order valence-corrected chi connectivity index (χ2v) is 4.62. The van der Waals surface area contributed by atoms with Gasteiger partial charge in [-0.3, -0.25) is 9.59 Å². The number of fused-ring (bicyclic) bond motifs is 1. The van der Waals surface area contributed by atoms with Crippen molar-refractivity contribution in [2.75, 3.05) is 7.05 Å². The van der Waals surface area contributed by atoms with E-state index in [2.05, 4.69) is 5.16 Å². The van der Waals surface area contributed by atoms with Crippen LogP contribution in [0.4, 0.5) is 0 Å². The third-order valence-electron chi connectivity index (χ3n) is 3.08. The van der Waals surface area contributed by atoms with Gasteiger partial charge in [0.25, 0.3) is 5.91 Å². The van der Waals surface area contributed by atoms with Crippen molar-refractivity contribution in [1.82, 2.24) is 10.1 Å². The first kappa shape index (κ1) is 13.1. The summed E-state index contributed by atoms with van der Waals surface area (Å²) in [5, 5.41) is 4.19. The summed E-state index contributed by atoms with van der Waals surface area (Å²) in [6.45, 7) is 0.270. The van der Waals surface area contributed by atoms with Crippen molar-refractivity contribution in [3.8, 4) is 0 Å². The average Bonchev–Trinajstić information content (AvgIpc) is 2.99. The van der Waals surface area contributed by atoms with E-state index in [1.165, 1.54) is 17.2 Å². The molecule has 106 valence electrons. The Hall–Kier alpha value is -2.89. The van der Waals surface area contributed by atoms with Gasteiger partial charge in [-0.05, 0) is 12.1 Å². The summed E-state index contributed by atoms with van der Waals surface area (Å²) in [5.41, 5.74) is 0.771. The number of aromatic nitrogens is 1. The fourth-order valence-corrected chi connectivity index (χ4v) is 2.03. The molecule has 6 nitrogen and oxygen atoms in total. The van der Waals surface area contributed by atoms with E-state index in [-0.39, 0.29) is 23.6 Å². The molecule has 1 aromatic carbocycles. The molecule has 0 aliphatic carbocycles. The minimum absolute atomic E-state index is 0.00435. The Balaban J connectivity index is 1.92. The van der Waals surface area contributed by atoms with Crippen LogP contribution in [0.5, 0.6) is 0 Å². The number of rotatable bonds is 3. The Morgan fingerprint density at radius 3 is 2.86 bits per heavy atom. The minimum atomic E-state index is -0.388. The summed E-state index contributed by atoms with van der Waals surface area (Å²) in [4.78, 5) is 25.7. The van der Waals surface area contributed by atoms with Crippen molar-refractivity contribution < 1.29 is 13.7 Å². The van der Waals surface area contributed by atoms with Gasteiger partial charge < -0.3 is 13.8 Å². The zero-order valence-corrected chi connectivity index (χ0v) is 11.3. The number of para-hydroxylation sites is 1. The van der Waals surface area contributed by atoms with Crippen LogP contribution in [0.2, 0.25) is 0 Å². The first-order chi connectivity index (χ1) is 10.1. The van der Waals surface area contributed by atoms with E-state index < -0.39 is 0 Å². The summed E-state index contributed by atoms with van der Waals surface area (Å²) < 4.78 is 10.2. The molecule has 3 aromatic rings. The van der Waals surface area contributed by atoms with E-state index >= 15 is 0 Å². The second-order valence-electron chi connectivity index (χ2n) is 4.62. The molecule has 0 fully saturated rings. The number of carbonyl (C=O) groups is 1. The lowest BCUT2D eigenvalue weighted by Crippen LogP contribution is -2.27. The van der Waals surface area contributed by atoms with Gasteiger partial charge in [-0.15, -0.1) is 0 Å². The summed E-state index contributed by atoms with van der Waals surface area (Å²) in [6, 6.07) is 9.69. The molecule has 2 heterocycles. The number of hydrogen-bond donors (Lipinski definition) is 0. The quantitative estimate of drug-likeness (QED) is 0.735. The molecule has 0 radical (unpaired) electrons. The lowest BCUT2D eigenvalue weighted by molar-refractivity contribution is 0.0751. The second kappa shape index (κ2) is 5.24. The van der Waals surface area contributed by atoms with Gasteiger partial charge in [0.05, 0.1) is 11.9 Å². The minimum Gasteiger partial charge on any atom is -0.451 e. The van der Waals surface area contributed by atoms with Gasteiger partial charge in [-0.1, -0.05) is 17.3 Å². The topological polar surface area (TPSA) is 76.6 Å². The van der Waals surface area contributed by atoms with Gasteiger partial charge in [-0.25, -0.2) is 0 Å². The maximum absolute atomic E-state index is 12.3. The number of amides is 1. The number of benzene rings is 1. The molecule has 6 heteroatoms. The van der Waals surface area contributed by atoms with Crippen molar-refractivity contribution in [3.05, 3.63) is 64.3 Å². The maximum atomic E-state index is 12.3. The van der Waals surface area contributed by atoms with E-state index in [1.54, 1.807) is 37.4 Å². The zero-order valence-electron chi connectivity index (χ0n) is 11.3. The van der Waals surface area contributed by atoms with Crippen molar-refractivity contribution in [3.63, 3.8) is 0 Å². The molecular weight excluding hydrogens is 272 g/mol. The Kier molecular flexibility index (Phi) is 3.27. The van der Waals surface area contributed by atoms with Crippen LogP contribution in [0, 0.1) is 0 Å². The fraction of sp³-hybridized carbons (Fsp3) is 0.133. The van der Waals surface area contributed by atoms with Crippen LogP contribution >= 0.6 is 0 Å². The molecular formula is C15H12N2O4. The van der Waals surface area contributed by atoms with E-state index in [9.17, 15) is 9.59 Å². The largest absolute Gasteiger partial charge is 0.451 e. The fourth-order valence-electron chi connectivity index (χ4n) is 2.03. The highest BCUT2D eigenvalue weighted by Gasteiger charge is 2.17. The van der Waals surface area contributed by atoms with E-state index in [0.29, 0.717) is 16.7 Å². The smallest absolute Gasteiger partial charge is 0.289 e. The van der Waals surface area contributed by atoms with Gasteiger partial charge in [0.1, 0.15) is 17.5 Å². The number of hydrogen-bond acceptors (Lipinski definition) is 5. The number of nitrogens with zero attached hydrogens (tertiary/aromatic N) is 2. The third kappa shape index (κ3) is 2.55. The molecule has 21 heavy (non-hydrogen) atoms. The van der Waals surface area contributed by atoms with Crippen LogP contribution in [0.3, 0.4) is 0 Å². The monoisotopic (exact) mass is 284 g/mol. The van der Waals surface area contributed by atoms with E-state index in [1.807, 2.05) is 0 Å². The van der Waals surface area contributed by atoms with Crippen LogP contribution in [0.1, 0.15) is 16.2 Å². The molecule has 0 saturated heterocycles. The summed E-state index contributed by atoms with van der Waals surface area (Å²) >= 11 is 0. The highest BCUT2D eigenvalue weighted by Crippen LogP contribution is 2.13. The van der Waals surface area contributed by atoms with Crippen LogP contribution in [-0.4, -0.2) is 23.0 Å². The third-order valence-corrected chi connectivity index (χ3v) is 3.08. The Morgan fingerprint density at radius 2 is 2.10 bits per heavy atom. The summed E-state index contributed by atoms with van der Waals surface area (Å²) in [7, 11) is 1.60. The molecule has 2 aromatic heterocycles. The van der Waals surface area contributed by atoms with Crippen LogP contribution in [0.25, 0.3) is 11.0 Å². The van der Waals surface area contributed by atoms with Crippen LogP contribution < -0.4 is 5.43 Å². The molecule has 0 bridgehead atoms. The lowest BCUT2D eigenvalue weighted by atomic mass is 10.2. The van der Waals surface area contributed by atoms with Gasteiger partial charge in [0, 0.05) is 19.2 Å². The molecule has 0 saturated carbocycles. The first-order valence-corrected chi connectivity index (χ1v) is 6.33. The van der Waals surface area contributed by atoms with E-state index in [0.717, 1.165) is 0 Å². The molecule has 0 spiro atoms. The standard InChI is InChI=1S/C15H12N2O4/c1-17(9-10-6-7-20-16-10)15(19)14-8-12(18)11-4-2-3-5-13(11)21-14/h2-8H,9H2,1H3. The van der Waals surface area contributed by atoms with Crippen molar-refractivity contribution >= 4 is 16.9 Å². The van der Waals surface area contributed by atoms with Crippen molar-refractivity contribution in [2.45, 2.75) is 6.54 Å². The van der Waals surface area contributed by atoms with Crippen molar-refractivity contribution in [1.29, 1.82) is 0 Å². The molecule has 0 aliphatic heterocycles. The Morgan fingerprint density at radius 1 is 1.29 bits per heavy atom. The first-order valence-electron chi connectivity index (χ1n) is 6.33. The Bertz CT molecular complexity index is 836. The SMILES string of the molecule is CN(Cc1ccon1)C(=O)c1cc(=O)c2ccccc2o1. The van der Waals surface area contributed by atoms with Gasteiger partial charge in [-0.2, -0.15) is 0 Å². The van der Waals surface area contributed by atoms with Crippen molar-refractivity contribution in [2.24, 2.45) is 0 Å². The Labute approximate surface area is 119 Å². The molecule has 0 unspecified atom stereocenters. The lowest BCUT2D eigenvalue weighted by Gasteiger charge is -2.14. The van der Waals surface area contributed by atoms with Gasteiger partial charge in [0.2, 0.25) is 0 Å². The maximum Gasteiger partial charge on any atom is 0.289 e. The molecule has 3 rings (SSSR count). The molecule has 0 N–H and O–H groups in total. The zero-order chi connectivity index (χ0) is 14.8. The summed E-state index contributed by atoms with van der Waals surface area (Å²) in [6.07, 6.45) is 1.43.